The van der Waals surface area contributed by atoms with Crippen molar-refractivity contribution in [3.63, 3.8) is 0 Å². The molecular formula is C17H20ClN3OS. The van der Waals surface area contributed by atoms with Crippen molar-refractivity contribution < 1.29 is 4.79 Å². The maximum Gasteiger partial charge on any atom is 0.320 e. The fourth-order valence-corrected chi connectivity index (χ4v) is 4.05. The molecule has 6 heteroatoms. The maximum atomic E-state index is 12.0. The molecule has 122 valence electrons. The zero-order chi connectivity index (χ0) is 16.2. The number of thiophene rings is 1. The Morgan fingerprint density at radius 1 is 1.39 bits per heavy atom. The molecule has 0 fully saturated rings. The monoisotopic (exact) mass is 349 g/mol. The summed E-state index contributed by atoms with van der Waals surface area (Å²) in [5, 5.41) is 7.39. The fraction of sp³-hybridized carbons (Fsp3) is 0.353. The average molecular weight is 350 g/mol. The van der Waals surface area contributed by atoms with Gasteiger partial charge >= 0.3 is 6.03 Å². The normalized spacial score (nSPS) is 14.3. The number of nitrogens with zero attached hydrogens (tertiary/aromatic N) is 1. The number of fused-ring (bicyclic) bond motifs is 1. The lowest BCUT2D eigenvalue weighted by molar-refractivity contribution is 0.252. The zero-order valence-electron chi connectivity index (χ0n) is 13.1. The molecule has 1 aliphatic heterocycles. The van der Waals surface area contributed by atoms with Crippen LogP contribution >= 0.6 is 22.9 Å². The number of amides is 2. The number of benzene rings is 1. The molecular weight excluding hydrogens is 330 g/mol. The summed E-state index contributed by atoms with van der Waals surface area (Å²) in [6.07, 6.45) is 1.06. The van der Waals surface area contributed by atoms with Gasteiger partial charge in [-0.05, 0) is 42.3 Å². The van der Waals surface area contributed by atoms with Crippen LogP contribution in [0.3, 0.4) is 0 Å². The van der Waals surface area contributed by atoms with E-state index in [1.807, 2.05) is 24.3 Å². The van der Waals surface area contributed by atoms with E-state index < -0.39 is 0 Å². The van der Waals surface area contributed by atoms with Gasteiger partial charge in [0.25, 0.3) is 0 Å². The topological polar surface area (TPSA) is 44.4 Å². The summed E-state index contributed by atoms with van der Waals surface area (Å²) in [5.74, 6) is 0. The minimum Gasteiger partial charge on any atom is -0.334 e. The van der Waals surface area contributed by atoms with E-state index in [1.54, 1.807) is 11.3 Å². The number of likely N-dealkylation sites (N-methyl/N-ethyl adjacent to an activating group) is 1. The summed E-state index contributed by atoms with van der Waals surface area (Å²) >= 11 is 7.61. The molecule has 3 rings (SSSR count). The van der Waals surface area contributed by atoms with Gasteiger partial charge in [-0.15, -0.1) is 11.3 Å². The molecule has 1 aromatic heterocycles. The van der Waals surface area contributed by atoms with Gasteiger partial charge in [-0.25, -0.2) is 4.79 Å². The lowest BCUT2D eigenvalue weighted by Gasteiger charge is -2.24. The number of rotatable bonds is 4. The molecule has 0 radical (unpaired) electrons. The number of hydrogen-bond donors (Lipinski definition) is 2. The summed E-state index contributed by atoms with van der Waals surface area (Å²) < 4.78 is 0. The largest absolute Gasteiger partial charge is 0.334 e. The van der Waals surface area contributed by atoms with Crippen molar-refractivity contribution in [1.82, 2.24) is 10.2 Å². The number of urea groups is 1. The van der Waals surface area contributed by atoms with E-state index in [1.165, 1.54) is 10.4 Å². The first-order valence-electron chi connectivity index (χ1n) is 7.77. The third kappa shape index (κ3) is 4.25. The van der Waals surface area contributed by atoms with Gasteiger partial charge in [-0.3, -0.25) is 10.2 Å². The highest BCUT2D eigenvalue weighted by Crippen LogP contribution is 2.31. The van der Waals surface area contributed by atoms with Crippen LogP contribution in [0.1, 0.15) is 22.9 Å². The fourth-order valence-electron chi connectivity index (χ4n) is 2.69. The average Bonchev–Trinajstić information content (AvgIpc) is 2.94. The third-order valence-electron chi connectivity index (χ3n) is 3.99. The first kappa shape index (κ1) is 16.3. The second kappa shape index (κ2) is 7.34. The highest BCUT2D eigenvalue weighted by Gasteiger charge is 2.18. The molecule has 0 saturated carbocycles. The molecule has 0 unspecified atom stereocenters. The van der Waals surface area contributed by atoms with E-state index in [9.17, 15) is 4.79 Å². The van der Waals surface area contributed by atoms with Crippen LogP contribution in [-0.4, -0.2) is 24.0 Å². The zero-order valence-corrected chi connectivity index (χ0v) is 14.6. The lowest BCUT2D eigenvalue weighted by atomic mass is 10.1. The minimum absolute atomic E-state index is 0.184. The number of carbonyl (C=O) groups excluding carboxylic acids is 1. The van der Waals surface area contributed by atoms with Crippen molar-refractivity contribution in [2.45, 2.75) is 26.4 Å². The lowest BCUT2D eigenvalue weighted by Crippen LogP contribution is -2.28. The van der Waals surface area contributed by atoms with E-state index in [0.717, 1.165) is 36.6 Å². The van der Waals surface area contributed by atoms with Crippen molar-refractivity contribution >= 4 is 34.0 Å². The van der Waals surface area contributed by atoms with Crippen molar-refractivity contribution in [1.29, 1.82) is 0 Å². The van der Waals surface area contributed by atoms with Gasteiger partial charge in [-0.1, -0.05) is 30.7 Å². The van der Waals surface area contributed by atoms with Crippen LogP contribution in [0.5, 0.6) is 0 Å². The van der Waals surface area contributed by atoms with Crippen LogP contribution in [0, 0.1) is 0 Å². The van der Waals surface area contributed by atoms with Crippen LogP contribution in [0.4, 0.5) is 9.80 Å². The molecule has 2 amide bonds. The van der Waals surface area contributed by atoms with Gasteiger partial charge in [0, 0.05) is 29.5 Å². The molecule has 0 atom stereocenters. The molecule has 4 nitrogen and oxygen atoms in total. The van der Waals surface area contributed by atoms with Crippen molar-refractivity contribution in [2.75, 3.05) is 18.4 Å². The quantitative estimate of drug-likeness (QED) is 0.872. The van der Waals surface area contributed by atoms with Crippen molar-refractivity contribution in [2.24, 2.45) is 0 Å². The second-order valence-corrected chi connectivity index (χ2v) is 7.19. The highest BCUT2D eigenvalue weighted by atomic mass is 35.5. The van der Waals surface area contributed by atoms with E-state index in [-0.39, 0.29) is 6.03 Å². The number of halogens is 1. The van der Waals surface area contributed by atoms with E-state index in [0.29, 0.717) is 11.6 Å². The SMILES string of the molecule is CCN1CCc2cc(NC(=O)NCc3cccc(Cl)c3)sc2C1. The number of hydrogen-bond acceptors (Lipinski definition) is 3. The summed E-state index contributed by atoms with van der Waals surface area (Å²) in [6.45, 7) is 5.80. The van der Waals surface area contributed by atoms with Crippen LogP contribution in [0.25, 0.3) is 0 Å². The van der Waals surface area contributed by atoms with Crippen LogP contribution < -0.4 is 10.6 Å². The standard InChI is InChI=1S/C17H20ClN3OS/c1-2-21-7-6-13-9-16(23-15(13)11-21)20-17(22)19-10-12-4-3-5-14(18)8-12/h3-5,8-9H,2,6-7,10-11H2,1H3,(H2,19,20,22). The predicted molar refractivity (Wildman–Crippen MR) is 96.3 cm³/mol. The Balaban J connectivity index is 1.55. The van der Waals surface area contributed by atoms with Crippen LogP contribution in [-0.2, 0) is 19.5 Å². The molecule has 0 spiro atoms. The molecule has 2 aromatic rings. The minimum atomic E-state index is -0.184. The summed E-state index contributed by atoms with van der Waals surface area (Å²) in [7, 11) is 0. The summed E-state index contributed by atoms with van der Waals surface area (Å²) in [4.78, 5) is 15.8. The molecule has 1 aromatic carbocycles. The van der Waals surface area contributed by atoms with E-state index in [2.05, 4.69) is 28.5 Å². The summed E-state index contributed by atoms with van der Waals surface area (Å²) in [6, 6.07) is 9.41. The Labute approximate surface area is 145 Å². The van der Waals surface area contributed by atoms with Gasteiger partial charge < -0.3 is 5.32 Å². The third-order valence-corrected chi connectivity index (χ3v) is 5.30. The maximum absolute atomic E-state index is 12.0. The Bertz CT molecular complexity index is 701. The molecule has 0 aliphatic carbocycles. The van der Waals surface area contributed by atoms with Gasteiger partial charge in [0.2, 0.25) is 0 Å². The molecule has 0 saturated heterocycles. The predicted octanol–water partition coefficient (Wildman–Crippen LogP) is 4.10. The molecule has 23 heavy (non-hydrogen) atoms. The first-order valence-corrected chi connectivity index (χ1v) is 8.96. The van der Waals surface area contributed by atoms with Gasteiger partial charge in [0.15, 0.2) is 0 Å². The Kier molecular flexibility index (Phi) is 5.20. The molecule has 1 aliphatic rings. The molecule has 0 bridgehead atoms. The number of anilines is 1. The smallest absolute Gasteiger partial charge is 0.320 e. The number of carbonyl (C=O) groups is 1. The Morgan fingerprint density at radius 2 is 2.26 bits per heavy atom. The van der Waals surface area contributed by atoms with Crippen molar-refractivity contribution in [3.8, 4) is 0 Å². The molecule has 2 N–H and O–H groups in total. The first-order chi connectivity index (χ1) is 11.1. The number of nitrogens with one attached hydrogen (secondary N) is 2. The van der Waals surface area contributed by atoms with Gasteiger partial charge in [0.05, 0.1) is 5.00 Å². The van der Waals surface area contributed by atoms with Crippen molar-refractivity contribution in [3.05, 3.63) is 51.4 Å². The van der Waals surface area contributed by atoms with E-state index >= 15 is 0 Å². The Hall–Kier alpha value is -1.56. The van der Waals surface area contributed by atoms with Crippen LogP contribution in [0.15, 0.2) is 30.3 Å². The molecule has 2 heterocycles. The Morgan fingerprint density at radius 3 is 3.04 bits per heavy atom. The highest BCUT2D eigenvalue weighted by molar-refractivity contribution is 7.16. The van der Waals surface area contributed by atoms with Crippen LogP contribution in [0.2, 0.25) is 5.02 Å². The van der Waals surface area contributed by atoms with Gasteiger partial charge in [0.1, 0.15) is 0 Å². The van der Waals surface area contributed by atoms with Gasteiger partial charge in [-0.2, -0.15) is 0 Å². The summed E-state index contributed by atoms with van der Waals surface area (Å²) in [5.41, 5.74) is 2.35. The second-order valence-electron chi connectivity index (χ2n) is 5.62. The van der Waals surface area contributed by atoms with E-state index in [4.69, 9.17) is 11.6 Å².